The average Bonchev–Trinajstić information content (AvgIpc) is 2.59. The minimum absolute atomic E-state index is 0.0812. The Morgan fingerprint density at radius 3 is 2.29 bits per heavy atom. The smallest absolute Gasteiger partial charge is 0.175 e. The number of nitrogens with two attached hydrogens (primary N) is 1. The predicted octanol–water partition coefficient (Wildman–Crippen LogP) is 1.22. The van der Waals surface area contributed by atoms with Gasteiger partial charge in [-0.1, -0.05) is 5.16 Å². The van der Waals surface area contributed by atoms with Gasteiger partial charge in [0.15, 0.2) is 5.84 Å². The third kappa shape index (κ3) is 2.97. The molecule has 0 unspecified atom stereocenters. The van der Waals surface area contributed by atoms with Gasteiger partial charge in [-0.2, -0.15) is 5.10 Å². The van der Waals surface area contributed by atoms with Gasteiger partial charge < -0.3 is 20.6 Å². The van der Waals surface area contributed by atoms with E-state index < -0.39 is 0 Å². The Morgan fingerprint density at radius 1 is 1.29 bits per heavy atom. The summed E-state index contributed by atoms with van der Waals surface area (Å²) >= 11 is 0. The molecule has 0 aromatic carbocycles. The minimum Gasteiger partial charge on any atom is -0.409 e. The third-order valence-corrected chi connectivity index (χ3v) is 3.55. The number of aromatic nitrogens is 2. The van der Waals surface area contributed by atoms with Gasteiger partial charge in [-0.25, -0.2) is 0 Å². The van der Waals surface area contributed by atoms with Crippen molar-refractivity contribution in [2.24, 2.45) is 17.9 Å². The number of nitrogens with zero attached hydrogens (tertiary/aromatic N) is 4. The summed E-state index contributed by atoms with van der Waals surface area (Å²) in [5.41, 5.74) is 6.68. The quantitative estimate of drug-likeness (QED) is 0.370. The SMILES string of the molecule is Cc1nn(C)c(N2CC(C)(C)OC(C)(C)C2)c1C(N)=NO. The highest BCUT2D eigenvalue weighted by atomic mass is 16.5. The molecule has 0 radical (unpaired) electrons. The summed E-state index contributed by atoms with van der Waals surface area (Å²) < 4.78 is 7.88. The minimum atomic E-state index is -0.289. The van der Waals surface area contributed by atoms with Crippen LogP contribution in [0.1, 0.15) is 39.0 Å². The van der Waals surface area contributed by atoms with E-state index in [0.29, 0.717) is 18.7 Å². The van der Waals surface area contributed by atoms with E-state index in [4.69, 9.17) is 15.7 Å². The fraction of sp³-hybridized carbons (Fsp3) is 0.714. The van der Waals surface area contributed by atoms with Crippen molar-refractivity contribution in [3.63, 3.8) is 0 Å². The molecule has 3 N–H and O–H groups in total. The van der Waals surface area contributed by atoms with Crippen LogP contribution in [0.2, 0.25) is 0 Å². The van der Waals surface area contributed by atoms with Crippen LogP contribution in [0.4, 0.5) is 5.82 Å². The molecule has 2 rings (SSSR count). The monoisotopic (exact) mass is 295 g/mol. The zero-order valence-electron chi connectivity index (χ0n) is 13.6. The van der Waals surface area contributed by atoms with Crippen LogP contribution in [-0.2, 0) is 11.8 Å². The van der Waals surface area contributed by atoms with Gasteiger partial charge in [-0.05, 0) is 34.6 Å². The summed E-state index contributed by atoms with van der Waals surface area (Å²) in [4.78, 5) is 2.19. The summed E-state index contributed by atoms with van der Waals surface area (Å²) in [7, 11) is 1.87. The Labute approximate surface area is 125 Å². The van der Waals surface area contributed by atoms with Gasteiger partial charge in [0, 0.05) is 20.1 Å². The van der Waals surface area contributed by atoms with Crippen LogP contribution in [0.5, 0.6) is 0 Å². The Kier molecular flexibility index (Phi) is 3.65. The Morgan fingerprint density at radius 2 is 1.81 bits per heavy atom. The van der Waals surface area contributed by atoms with Gasteiger partial charge in [0.25, 0.3) is 0 Å². The molecule has 0 bridgehead atoms. The maximum absolute atomic E-state index is 9.03. The molecule has 21 heavy (non-hydrogen) atoms. The molecule has 0 aliphatic carbocycles. The molecule has 1 aromatic heterocycles. The largest absolute Gasteiger partial charge is 0.409 e. The second-order valence-corrected chi connectivity index (χ2v) is 6.87. The first-order valence-electron chi connectivity index (χ1n) is 7.03. The van der Waals surface area contributed by atoms with E-state index in [1.54, 1.807) is 4.68 Å². The summed E-state index contributed by atoms with van der Waals surface area (Å²) in [6, 6.07) is 0. The van der Waals surface area contributed by atoms with Crippen LogP contribution < -0.4 is 10.6 Å². The second-order valence-electron chi connectivity index (χ2n) is 6.87. The van der Waals surface area contributed by atoms with Crippen molar-refractivity contribution in [1.82, 2.24) is 9.78 Å². The predicted molar refractivity (Wildman–Crippen MR) is 81.9 cm³/mol. The van der Waals surface area contributed by atoms with Crippen molar-refractivity contribution < 1.29 is 9.94 Å². The molecule has 1 aliphatic heterocycles. The van der Waals surface area contributed by atoms with Crippen LogP contribution in [0, 0.1) is 6.92 Å². The van der Waals surface area contributed by atoms with E-state index in [1.165, 1.54) is 0 Å². The van der Waals surface area contributed by atoms with Crippen LogP contribution in [-0.4, -0.2) is 45.1 Å². The van der Waals surface area contributed by atoms with Gasteiger partial charge in [0.2, 0.25) is 0 Å². The zero-order chi connectivity index (χ0) is 16.0. The number of hydrogen-bond donors (Lipinski definition) is 2. The summed E-state index contributed by atoms with van der Waals surface area (Å²) in [6.45, 7) is 11.5. The Hall–Kier alpha value is -1.76. The Balaban J connectivity index is 2.51. The zero-order valence-corrected chi connectivity index (χ0v) is 13.6. The van der Waals surface area contributed by atoms with Crippen LogP contribution in [0.15, 0.2) is 5.16 Å². The summed E-state index contributed by atoms with van der Waals surface area (Å²) in [5, 5.41) is 16.6. The molecular weight excluding hydrogens is 270 g/mol. The van der Waals surface area contributed by atoms with Crippen molar-refractivity contribution >= 4 is 11.7 Å². The van der Waals surface area contributed by atoms with Gasteiger partial charge in [-0.15, -0.1) is 0 Å². The normalized spacial score (nSPS) is 21.6. The van der Waals surface area contributed by atoms with E-state index >= 15 is 0 Å². The first-order chi connectivity index (χ1) is 9.56. The lowest BCUT2D eigenvalue weighted by molar-refractivity contribution is -0.133. The number of oxime groups is 1. The van der Waals surface area contributed by atoms with E-state index in [2.05, 4.69) is 42.8 Å². The molecule has 7 heteroatoms. The lowest BCUT2D eigenvalue weighted by Crippen LogP contribution is -2.58. The molecule has 1 saturated heterocycles. The van der Waals surface area contributed by atoms with E-state index in [0.717, 1.165) is 11.5 Å². The number of amidine groups is 1. The number of anilines is 1. The van der Waals surface area contributed by atoms with Crippen LogP contribution in [0.3, 0.4) is 0 Å². The van der Waals surface area contributed by atoms with E-state index in [9.17, 15) is 0 Å². The number of rotatable bonds is 2. The van der Waals surface area contributed by atoms with E-state index in [-0.39, 0.29) is 17.0 Å². The van der Waals surface area contributed by atoms with Crippen molar-refractivity contribution in [2.45, 2.75) is 45.8 Å². The topological polar surface area (TPSA) is 88.9 Å². The number of morpholine rings is 1. The lowest BCUT2D eigenvalue weighted by atomic mass is 9.98. The Bertz CT molecular complexity index is 558. The van der Waals surface area contributed by atoms with Gasteiger partial charge >= 0.3 is 0 Å². The molecule has 7 nitrogen and oxygen atoms in total. The fourth-order valence-electron chi connectivity index (χ4n) is 3.30. The molecule has 0 amide bonds. The first kappa shape index (κ1) is 15.6. The standard InChI is InChI=1S/C14H25N5O2/c1-9-10(11(15)17-20)12(18(6)16-9)19-7-13(2,3)21-14(4,5)8-19/h20H,7-8H2,1-6H3,(H2,15,17). The highest BCUT2D eigenvalue weighted by Gasteiger charge is 2.40. The first-order valence-corrected chi connectivity index (χ1v) is 7.03. The van der Waals surface area contributed by atoms with Crippen molar-refractivity contribution in [3.8, 4) is 0 Å². The molecule has 1 fully saturated rings. The van der Waals surface area contributed by atoms with Gasteiger partial charge in [-0.3, -0.25) is 4.68 Å². The van der Waals surface area contributed by atoms with Crippen molar-refractivity contribution in [2.75, 3.05) is 18.0 Å². The highest BCUT2D eigenvalue weighted by Crippen LogP contribution is 2.33. The molecular formula is C14H25N5O2. The number of ether oxygens (including phenoxy) is 1. The summed E-state index contributed by atoms with van der Waals surface area (Å²) in [5.74, 6) is 0.935. The summed E-state index contributed by atoms with van der Waals surface area (Å²) in [6.07, 6.45) is 0. The maximum atomic E-state index is 9.03. The van der Waals surface area contributed by atoms with E-state index in [1.807, 2.05) is 14.0 Å². The number of aryl methyl sites for hydroxylation is 2. The molecule has 118 valence electrons. The maximum Gasteiger partial charge on any atom is 0.175 e. The molecule has 0 spiro atoms. The second kappa shape index (κ2) is 4.91. The number of hydrogen-bond acceptors (Lipinski definition) is 5. The van der Waals surface area contributed by atoms with Crippen LogP contribution in [0.25, 0.3) is 0 Å². The molecule has 0 saturated carbocycles. The van der Waals surface area contributed by atoms with Gasteiger partial charge in [0.1, 0.15) is 5.82 Å². The lowest BCUT2D eigenvalue weighted by Gasteiger charge is -2.48. The van der Waals surface area contributed by atoms with Crippen LogP contribution >= 0.6 is 0 Å². The average molecular weight is 295 g/mol. The third-order valence-electron chi connectivity index (χ3n) is 3.55. The molecule has 0 atom stereocenters. The van der Waals surface area contributed by atoms with Crippen molar-refractivity contribution in [1.29, 1.82) is 0 Å². The highest BCUT2D eigenvalue weighted by molar-refractivity contribution is 6.02. The molecule has 1 aromatic rings. The van der Waals surface area contributed by atoms with Gasteiger partial charge in [0.05, 0.1) is 22.5 Å². The fourth-order valence-corrected chi connectivity index (χ4v) is 3.30. The van der Waals surface area contributed by atoms with Crippen molar-refractivity contribution in [3.05, 3.63) is 11.3 Å². The molecule has 2 heterocycles. The molecule has 1 aliphatic rings.